The maximum atomic E-state index is 13.8. The van der Waals surface area contributed by atoms with E-state index in [-0.39, 0.29) is 24.0 Å². The van der Waals surface area contributed by atoms with Gasteiger partial charge in [0.1, 0.15) is 18.2 Å². The van der Waals surface area contributed by atoms with E-state index in [1.807, 2.05) is 66.9 Å². The maximum absolute atomic E-state index is 13.8. The molecular formula is C25H23FN4O2S. The first-order valence-corrected chi connectivity index (χ1v) is 11.4. The van der Waals surface area contributed by atoms with E-state index in [0.29, 0.717) is 11.0 Å². The number of rotatable bonds is 8. The number of aromatic nitrogens is 3. The molecule has 0 spiro atoms. The van der Waals surface area contributed by atoms with Crippen molar-refractivity contribution in [1.82, 2.24) is 14.8 Å². The van der Waals surface area contributed by atoms with Gasteiger partial charge >= 0.3 is 0 Å². The van der Waals surface area contributed by atoms with E-state index in [1.54, 1.807) is 12.1 Å². The Hall–Kier alpha value is -3.65. The van der Waals surface area contributed by atoms with Crippen molar-refractivity contribution in [3.8, 4) is 11.4 Å². The maximum Gasteiger partial charge on any atom is 0.234 e. The van der Waals surface area contributed by atoms with Crippen molar-refractivity contribution in [3.05, 3.63) is 95.6 Å². The number of hydrogen-bond donors (Lipinski definition) is 1. The van der Waals surface area contributed by atoms with Crippen LogP contribution in [0.15, 0.2) is 78.0 Å². The van der Waals surface area contributed by atoms with Gasteiger partial charge in [-0.25, -0.2) is 4.39 Å². The quantitative estimate of drug-likeness (QED) is 0.358. The molecule has 6 nitrogen and oxygen atoms in total. The van der Waals surface area contributed by atoms with Gasteiger partial charge in [0.2, 0.25) is 5.91 Å². The van der Waals surface area contributed by atoms with Crippen LogP contribution >= 0.6 is 11.8 Å². The smallest absolute Gasteiger partial charge is 0.234 e. The van der Waals surface area contributed by atoms with Gasteiger partial charge in [0, 0.05) is 5.69 Å². The summed E-state index contributed by atoms with van der Waals surface area (Å²) in [5, 5.41) is 11.7. The number of ether oxygens (including phenoxy) is 1. The average Bonchev–Trinajstić information content (AvgIpc) is 3.22. The minimum Gasteiger partial charge on any atom is -0.486 e. The number of carbonyl (C=O) groups is 1. The number of para-hydroxylation sites is 1. The van der Waals surface area contributed by atoms with Crippen molar-refractivity contribution in [2.75, 3.05) is 11.1 Å². The number of carbonyl (C=O) groups excluding carboxylic acids is 1. The number of aryl methyl sites for hydroxylation is 2. The van der Waals surface area contributed by atoms with Gasteiger partial charge in [-0.3, -0.25) is 9.36 Å². The highest BCUT2D eigenvalue weighted by molar-refractivity contribution is 7.99. The molecule has 0 atom stereocenters. The lowest BCUT2D eigenvalue weighted by Gasteiger charge is -2.12. The molecule has 3 aromatic carbocycles. The van der Waals surface area contributed by atoms with Gasteiger partial charge in [-0.2, -0.15) is 0 Å². The fourth-order valence-electron chi connectivity index (χ4n) is 3.10. The summed E-state index contributed by atoms with van der Waals surface area (Å²) in [6.07, 6.45) is 0. The molecule has 4 rings (SSSR count). The second-order valence-electron chi connectivity index (χ2n) is 7.49. The molecule has 0 fully saturated rings. The number of hydrogen-bond acceptors (Lipinski definition) is 5. The van der Waals surface area contributed by atoms with Crippen LogP contribution in [0.25, 0.3) is 5.69 Å². The Bertz CT molecular complexity index is 1240. The first-order valence-electron chi connectivity index (χ1n) is 10.4. The Balaban J connectivity index is 1.51. The van der Waals surface area contributed by atoms with Gasteiger partial charge in [0.25, 0.3) is 0 Å². The molecule has 1 N–H and O–H groups in total. The van der Waals surface area contributed by atoms with Gasteiger partial charge < -0.3 is 10.1 Å². The number of anilines is 1. The summed E-state index contributed by atoms with van der Waals surface area (Å²) in [7, 11) is 0. The lowest BCUT2D eigenvalue weighted by Crippen LogP contribution is -2.15. The molecule has 0 bridgehead atoms. The zero-order chi connectivity index (χ0) is 23.2. The highest BCUT2D eigenvalue weighted by Gasteiger charge is 2.17. The summed E-state index contributed by atoms with van der Waals surface area (Å²) >= 11 is 1.22. The predicted molar refractivity (Wildman–Crippen MR) is 127 cm³/mol. The molecule has 8 heteroatoms. The van der Waals surface area contributed by atoms with Crippen LogP contribution in [0.5, 0.6) is 5.75 Å². The SMILES string of the molecule is Cc1ccc(OCc2nnc(SCC(=O)Nc3ccccc3F)n2-c2ccc(C)cc2)cc1. The number of nitrogens with one attached hydrogen (secondary N) is 1. The van der Waals surface area contributed by atoms with E-state index in [2.05, 4.69) is 15.5 Å². The second kappa shape index (κ2) is 10.3. The molecule has 0 aliphatic carbocycles. The first kappa shape index (κ1) is 22.5. The van der Waals surface area contributed by atoms with Gasteiger partial charge in [0.15, 0.2) is 11.0 Å². The van der Waals surface area contributed by atoms with Crippen LogP contribution in [0.2, 0.25) is 0 Å². The van der Waals surface area contributed by atoms with Crippen molar-refractivity contribution in [3.63, 3.8) is 0 Å². The van der Waals surface area contributed by atoms with Crippen LogP contribution < -0.4 is 10.1 Å². The van der Waals surface area contributed by atoms with Gasteiger partial charge in [-0.15, -0.1) is 10.2 Å². The Morgan fingerprint density at radius 2 is 1.64 bits per heavy atom. The molecular weight excluding hydrogens is 439 g/mol. The minimum absolute atomic E-state index is 0.0527. The zero-order valence-corrected chi connectivity index (χ0v) is 19.1. The minimum atomic E-state index is -0.478. The van der Waals surface area contributed by atoms with Crippen molar-refractivity contribution >= 4 is 23.4 Å². The molecule has 1 heterocycles. The van der Waals surface area contributed by atoms with E-state index in [0.717, 1.165) is 22.6 Å². The lowest BCUT2D eigenvalue weighted by molar-refractivity contribution is -0.113. The highest BCUT2D eigenvalue weighted by Crippen LogP contribution is 2.24. The number of nitrogens with zero attached hydrogens (tertiary/aromatic N) is 3. The molecule has 0 radical (unpaired) electrons. The lowest BCUT2D eigenvalue weighted by atomic mass is 10.2. The topological polar surface area (TPSA) is 69.0 Å². The summed E-state index contributed by atoms with van der Waals surface area (Å²) in [4.78, 5) is 12.4. The molecule has 4 aromatic rings. The van der Waals surface area contributed by atoms with E-state index in [1.165, 1.54) is 23.9 Å². The Morgan fingerprint density at radius 1 is 0.970 bits per heavy atom. The molecule has 0 aliphatic heterocycles. The third-order valence-corrected chi connectivity index (χ3v) is 5.79. The molecule has 0 saturated carbocycles. The van der Waals surface area contributed by atoms with Crippen LogP contribution in [0.4, 0.5) is 10.1 Å². The molecule has 0 unspecified atom stereocenters. The fourth-order valence-corrected chi connectivity index (χ4v) is 3.87. The van der Waals surface area contributed by atoms with Crippen LogP contribution in [0, 0.1) is 19.7 Å². The average molecular weight is 463 g/mol. The largest absolute Gasteiger partial charge is 0.486 e. The Kier molecular flexibility index (Phi) is 7.04. The Labute approximate surface area is 195 Å². The summed E-state index contributed by atoms with van der Waals surface area (Å²) in [6, 6.07) is 21.8. The Morgan fingerprint density at radius 3 is 2.33 bits per heavy atom. The third kappa shape index (κ3) is 5.78. The monoisotopic (exact) mass is 462 g/mol. The van der Waals surface area contributed by atoms with Crippen molar-refractivity contribution in [2.24, 2.45) is 0 Å². The fraction of sp³-hybridized carbons (Fsp3) is 0.160. The summed E-state index contributed by atoms with van der Waals surface area (Å²) in [5.41, 5.74) is 3.29. The van der Waals surface area contributed by atoms with Gasteiger partial charge in [-0.1, -0.05) is 59.3 Å². The number of halogens is 1. The standard InChI is InChI=1S/C25H23FN4O2S/c1-17-7-11-19(12-8-17)30-23(15-32-20-13-9-18(2)10-14-20)28-29-25(30)33-16-24(31)27-22-6-4-3-5-21(22)26/h3-14H,15-16H2,1-2H3,(H,27,31). The molecule has 1 amide bonds. The predicted octanol–water partition coefficient (Wildman–Crippen LogP) is 5.33. The molecule has 0 saturated heterocycles. The molecule has 0 aliphatic rings. The van der Waals surface area contributed by atoms with Gasteiger partial charge in [0.05, 0.1) is 11.4 Å². The van der Waals surface area contributed by atoms with E-state index >= 15 is 0 Å². The zero-order valence-electron chi connectivity index (χ0n) is 18.3. The first-order chi connectivity index (χ1) is 16.0. The number of thioether (sulfide) groups is 1. The van der Waals surface area contributed by atoms with Crippen LogP contribution in [-0.2, 0) is 11.4 Å². The van der Waals surface area contributed by atoms with E-state index in [4.69, 9.17) is 4.74 Å². The summed E-state index contributed by atoms with van der Waals surface area (Å²) < 4.78 is 21.6. The van der Waals surface area contributed by atoms with Crippen molar-refractivity contribution < 1.29 is 13.9 Å². The van der Waals surface area contributed by atoms with Crippen LogP contribution in [0.3, 0.4) is 0 Å². The highest BCUT2D eigenvalue weighted by atomic mass is 32.2. The van der Waals surface area contributed by atoms with Gasteiger partial charge in [-0.05, 0) is 50.2 Å². The summed E-state index contributed by atoms with van der Waals surface area (Å²) in [6.45, 7) is 4.25. The third-order valence-electron chi connectivity index (χ3n) is 4.86. The van der Waals surface area contributed by atoms with Crippen LogP contribution in [-0.4, -0.2) is 26.4 Å². The normalized spacial score (nSPS) is 10.8. The molecule has 168 valence electrons. The van der Waals surface area contributed by atoms with E-state index < -0.39 is 5.82 Å². The molecule has 33 heavy (non-hydrogen) atoms. The second-order valence-corrected chi connectivity index (χ2v) is 8.43. The number of amides is 1. The molecule has 1 aromatic heterocycles. The number of benzene rings is 3. The van der Waals surface area contributed by atoms with Crippen molar-refractivity contribution in [1.29, 1.82) is 0 Å². The van der Waals surface area contributed by atoms with E-state index in [9.17, 15) is 9.18 Å². The summed E-state index contributed by atoms with van der Waals surface area (Å²) in [5.74, 6) is 0.584. The van der Waals surface area contributed by atoms with Crippen LogP contribution in [0.1, 0.15) is 17.0 Å². The van der Waals surface area contributed by atoms with Crippen molar-refractivity contribution in [2.45, 2.75) is 25.6 Å².